The van der Waals surface area contributed by atoms with Crippen molar-refractivity contribution in [2.45, 2.75) is 43.9 Å². The van der Waals surface area contributed by atoms with Gasteiger partial charge in [-0.3, -0.25) is 9.78 Å². The number of halogens is 1. The summed E-state index contributed by atoms with van der Waals surface area (Å²) in [5.74, 6) is 0.0723. The molecule has 2 aliphatic carbocycles. The van der Waals surface area contributed by atoms with E-state index in [0.29, 0.717) is 5.75 Å². The summed E-state index contributed by atoms with van der Waals surface area (Å²) in [6, 6.07) is 6.30. The molecule has 6 heteroatoms. The van der Waals surface area contributed by atoms with Crippen LogP contribution in [0.3, 0.4) is 0 Å². The Morgan fingerprint density at radius 1 is 1.08 bits per heavy atom. The van der Waals surface area contributed by atoms with E-state index < -0.39 is 11.2 Å². The van der Waals surface area contributed by atoms with Crippen molar-refractivity contribution in [1.82, 2.24) is 9.97 Å². The number of nitrogens with zero attached hydrogens (tertiary/aromatic N) is 2. The van der Waals surface area contributed by atoms with Crippen LogP contribution < -0.4 is 10.5 Å². The van der Waals surface area contributed by atoms with Crippen molar-refractivity contribution in [3.05, 3.63) is 48.2 Å². The Morgan fingerprint density at radius 2 is 1.88 bits per heavy atom. The smallest absolute Gasteiger partial charge is 0.230 e. The van der Waals surface area contributed by atoms with E-state index in [1.807, 2.05) is 6.07 Å². The Bertz CT molecular complexity index is 785. The Morgan fingerprint density at radius 3 is 2.48 bits per heavy atom. The van der Waals surface area contributed by atoms with E-state index in [1.54, 1.807) is 12.3 Å². The van der Waals surface area contributed by atoms with Gasteiger partial charge in [0.1, 0.15) is 11.6 Å². The molecule has 1 spiro atoms. The van der Waals surface area contributed by atoms with Gasteiger partial charge in [0.05, 0.1) is 23.5 Å². The SMILES string of the molecule is NC(=O)C1(c2ccc(Oc3ccc(F)cn3)cn2)CC12CCCCC2. The fraction of sp³-hybridized carbons (Fsp3) is 0.421. The fourth-order valence-electron chi connectivity index (χ4n) is 4.37. The molecule has 25 heavy (non-hydrogen) atoms. The van der Waals surface area contributed by atoms with Crippen LogP contribution in [0.4, 0.5) is 4.39 Å². The van der Waals surface area contributed by atoms with Crippen molar-refractivity contribution in [1.29, 1.82) is 0 Å². The summed E-state index contributed by atoms with van der Waals surface area (Å²) in [6.07, 6.45) is 9.04. The number of aromatic nitrogens is 2. The molecule has 0 saturated heterocycles. The molecule has 2 saturated carbocycles. The zero-order valence-corrected chi connectivity index (χ0v) is 13.9. The van der Waals surface area contributed by atoms with Crippen LogP contribution in [0.25, 0.3) is 0 Å². The van der Waals surface area contributed by atoms with Crippen LogP contribution in [-0.4, -0.2) is 15.9 Å². The molecule has 5 nitrogen and oxygen atoms in total. The van der Waals surface area contributed by atoms with Gasteiger partial charge in [-0.2, -0.15) is 0 Å². The number of amides is 1. The summed E-state index contributed by atoms with van der Waals surface area (Å²) in [7, 11) is 0. The number of carbonyl (C=O) groups excluding carboxylic acids is 1. The molecular weight excluding hydrogens is 321 g/mol. The van der Waals surface area contributed by atoms with Crippen molar-refractivity contribution >= 4 is 5.91 Å². The van der Waals surface area contributed by atoms with E-state index in [1.165, 1.54) is 18.6 Å². The number of primary amides is 1. The van der Waals surface area contributed by atoms with E-state index in [0.717, 1.165) is 44.0 Å². The molecule has 2 aliphatic rings. The van der Waals surface area contributed by atoms with Gasteiger partial charge >= 0.3 is 0 Å². The van der Waals surface area contributed by atoms with Crippen molar-refractivity contribution in [2.75, 3.05) is 0 Å². The first-order chi connectivity index (χ1) is 12.1. The lowest BCUT2D eigenvalue weighted by Gasteiger charge is -2.27. The maximum atomic E-state index is 12.9. The first-order valence-corrected chi connectivity index (χ1v) is 8.62. The van der Waals surface area contributed by atoms with Crippen molar-refractivity contribution in [2.24, 2.45) is 11.1 Å². The van der Waals surface area contributed by atoms with Gasteiger partial charge in [0, 0.05) is 6.07 Å². The highest BCUT2D eigenvalue weighted by atomic mass is 19.1. The van der Waals surface area contributed by atoms with Crippen molar-refractivity contribution in [3.63, 3.8) is 0 Å². The predicted octanol–water partition coefficient (Wildman–Crippen LogP) is 3.49. The summed E-state index contributed by atoms with van der Waals surface area (Å²) >= 11 is 0. The number of carbonyl (C=O) groups is 1. The highest BCUT2D eigenvalue weighted by molar-refractivity contribution is 5.91. The number of nitrogens with two attached hydrogens (primary N) is 1. The second-order valence-electron chi connectivity index (χ2n) is 7.08. The second-order valence-corrected chi connectivity index (χ2v) is 7.08. The monoisotopic (exact) mass is 341 g/mol. The third-order valence-electron chi connectivity index (χ3n) is 5.71. The fourth-order valence-corrected chi connectivity index (χ4v) is 4.37. The second kappa shape index (κ2) is 5.79. The summed E-state index contributed by atoms with van der Waals surface area (Å²) < 4.78 is 18.5. The van der Waals surface area contributed by atoms with E-state index in [-0.39, 0.29) is 17.2 Å². The van der Waals surface area contributed by atoms with Gasteiger partial charge in [0.25, 0.3) is 0 Å². The molecule has 2 heterocycles. The minimum Gasteiger partial charge on any atom is -0.437 e. The molecule has 1 amide bonds. The predicted molar refractivity (Wildman–Crippen MR) is 89.5 cm³/mol. The average molecular weight is 341 g/mol. The largest absolute Gasteiger partial charge is 0.437 e. The molecule has 130 valence electrons. The normalized spacial score (nSPS) is 24.0. The zero-order chi connectivity index (χ0) is 17.5. The summed E-state index contributed by atoms with van der Waals surface area (Å²) in [5.41, 5.74) is 5.87. The van der Waals surface area contributed by atoms with Crippen LogP contribution in [0.2, 0.25) is 0 Å². The average Bonchev–Trinajstić information content (AvgIpc) is 3.27. The molecule has 0 aliphatic heterocycles. The van der Waals surface area contributed by atoms with Crippen LogP contribution in [0.15, 0.2) is 36.7 Å². The van der Waals surface area contributed by atoms with Gasteiger partial charge in [-0.15, -0.1) is 0 Å². The number of hydrogen-bond donors (Lipinski definition) is 1. The topological polar surface area (TPSA) is 78.1 Å². The molecule has 1 atom stereocenters. The van der Waals surface area contributed by atoms with E-state index in [2.05, 4.69) is 9.97 Å². The lowest BCUT2D eigenvalue weighted by Crippen LogP contribution is -2.36. The van der Waals surface area contributed by atoms with Gasteiger partial charge in [-0.1, -0.05) is 19.3 Å². The zero-order valence-electron chi connectivity index (χ0n) is 13.9. The van der Waals surface area contributed by atoms with Crippen LogP contribution in [-0.2, 0) is 10.2 Å². The lowest BCUT2D eigenvalue weighted by atomic mass is 9.78. The molecule has 4 rings (SSSR count). The van der Waals surface area contributed by atoms with Gasteiger partial charge in [-0.25, -0.2) is 9.37 Å². The molecule has 1 unspecified atom stereocenters. The van der Waals surface area contributed by atoms with Crippen LogP contribution in [0.5, 0.6) is 11.6 Å². The van der Waals surface area contributed by atoms with Crippen molar-refractivity contribution in [3.8, 4) is 11.6 Å². The molecular formula is C19H20FN3O2. The van der Waals surface area contributed by atoms with Gasteiger partial charge < -0.3 is 10.5 Å². The maximum absolute atomic E-state index is 12.9. The molecule has 2 aromatic rings. The molecule has 0 aromatic carbocycles. The van der Waals surface area contributed by atoms with E-state index in [9.17, 15) is 9.18 Å². The first kappa shape index (κ1) is 16.0. The number of ether oxygens (including phenoxy) is 1. The molecule has 2 fully saturated rings. The highest BCUT2D eigenvalue weighted by Gasteiger charge is 2.71. The highest BCUT2D eigenvalue weighted by Crippen LogP contribution is 2.70. The third-order valence-corrected chi connectivity index (χ3v) is 5.71. The minimum atomic E-state index is -0.639. The van der Waals surface area contributed by atoms with E-state index in [4.69, 9.17) is 10.5 Å². The number of rotatable bonds is 4. The first-order valence-electron chi connectivity index (χ1n) is 8.62. The molecule has 0 bridgehead atoms. The quantitative estimate of drug-likeness (QED) is 0.923. The standard InChI is InChI=1S/C19H20FN3O2/c20-13-4-7-16(23-10-13)25-14-5-6-15(22-11-14)19(17(21)24)12-18(19)8-2-1-3-9-18/h4-7,10-11H,1-3,8-9,12H2,(H2,21,24). The molecule has 2 aromatic heterocycles. The summed E-state index contributed by atoms with van der Waals surface area (Å²) in [4.78, 5) is 20.6. The minimum absolute atomic E-state index is 0.00896. The Balaban J connectivity index is 1.56. The lowest BCUT2D eigenvalue weighted by molar-refractivity contribution is -0.121. The van der Waals surface area contributed by atoms with Gasteiger partial charge in [0.2, 0.25) is 11.8 Å². The van der Waals surface area contributed by atoms with Crippen LogP contribution in [0.1, 0.15) is 44.2 Å². The summed E-state index contributed by atoms with van der Waals surface area (Å²) in [6.45, 7) is 0. The Hall–Kier alpha value is -2.50. The Labute approximate surface area is 145 Å². The number of hydrogen-bond acceptors (Lipinski definition) is 4. The Kier molecular flexibility index (Phi) is 3.71. The van der Waals surface area contributed by atoms with E-state index >= 15 is 0 Å². The number of pyridine rings is 2. The van der Waals surface area contributed by atoms with Crippen molar-refractivity contribution < 1.29 is 13.9 Å². The van der Waals surface area contributed by atoms with Gasteiger partial charge in [0.15, 0.2) is 0 Å². The van der Waals surface area contributed by atoms with Gasteiger partial charge in [-0.05, 0) is 42.9 Å². The maximum Gasteiger partial charge on any atom is 0.230 e. The third kappa shape index (κ3) is 2.56. The molecule has 0 radical (unpaired) electrons. The van der Waals surface area contributed by atoms with Crippen LogP contribution in [0, 0.1) is 11.2 Å². The molecule has 2 N–H and O–H groups in total. The van der Waals surface area contributed by atoms with Crippen LogP contribution >= 0.6 is 0 Å². The summed E-state index contributed by atoms with van der Waals surface area (Å²) in [5, 5.41) is 0.